The van der Waals surface area contributed by atoms with Gasteiger partial charge >= 0.3 is 6.03 Å². The molecule has 0 atom stereocenters. The minimum Gasteiger partial charge on any atom is -0.307 e. The van der Waals surface area contributed by atoms with E-state index in [1.165, 1.54) is 0 Å². The Morgan fingerprint density at radius 3 is 2.57 bits per heavy atom. The van der Waals surface area contributed by atoms with Crippen LogP contribution in [0, 0.1) is 0 Å². The van der Waals surface area contributed by atoms with Gasteiger partial charge in [0.2, 0.25) is 0 Å². The molecular weight excluding hydrogens is 440 g/mol. The fourth-order valence-electron chi connectivity index (χ4n) is 2.94. The lowest BCUT2D eigenvalue weighted by Gasteiger charge is -2.09. The molecule has 4 rings (SSSR count). The van der Waals surface area contributed by atoms with E-state index in [9.17, 15) is 4.79 Å². The van der Waals surface area contributed by atoms with Crippen LogP contribution in [0.4, 0.5) is 16.3 Å². The summed E-state index contributed by atoms with van der Waals surface area (Å²) in [5, 5.41) is 12.9. The second-order valence-corrected chi connectivity index (χ2v) is 7.55. The van der Waals surface area contributed by atoms with Crippen LogP contribution in [0.25, 0.3) is 10.8 Å². The lowest BCUT2D eigenvalue weighted by Crippen LogP contribution is -2.20. The van der Waals surface area contributed by atoms with Gasteiger partial charge in [-0.2, -0.15) is 5.10 Å². The Hall–Kier alpha value is -2.83. The maximum atomic E-state index is 12.5. The van der Waals surface area contributed by atoms with Crippen molar-refractivity contribution < 1.29 is 4.79 Å². The molecule has 4 aromatic rings. The number of carbonyl (C=O) groups excluding carboxylic acids is 1. The highest BCUT2D eigenvalue weighted by Gasteiger charge is 2.12. The summed E-state index contributed by atoms with van der Waals surface area (Å²) >= 11 is 9.37. The molecule has 0 fully saturated rings. The van der Waals surface area contributed by atoms with E-state index >= 15 is 0 Å². The molecule has 140 valence electrons. The van der Waals surface area contributed by atoms with Gasteiger partial charge in [0.25, 0.3) is 0 Å². The second-order valence-electron chi connectivity index (χ2n) is 6.26. The minimum atomic E-state index is -0.353. The van der Waals surface area contributed by atoms with Gasteiger partial charge in [-0.15, -0.1) is 0 Å². The number of anilines is 2. The average Bonchev–Trinajstić information content (AvgIpc) is 3.02. The molecule has 1 heterocycles. The molecule has 0 spiro atoms. The highest BCUT2D eigenvalue weighted by Crippen LogP contribution is 2.24. The normalized spacial score (nSPS) is 10.8. The molecule has 28 heavy (non-hydrogen) atoms. The zero-order valence-electron chi connectivity index (χ0n) is 14.7. The van der Waals surface area contributed by atoms with Crippen molar-refractivity contribution in [2.75, 3.05) is 10.6 Å². The molecule has 7 heteroatoms. The zero-order valence-corrected chi connectivity index (χ0v) is 17.0. The molecule has 0 aliphatic rings. The summed E-state index contributed by atoms with van der Waals surface area (Å²) < 4.78 is 2.45. The molecule has 0 saturated heterocycles. The highest BCUT2D eigenvalue weighted by molar-refractivity contribution is 9.10. The molecule has 2 N–H and O–H groups in total. The third-order valence-electron chi connectivity index (χ3n) is 4.24. The van der Waals surface area contributed by atoms with Crippen LogP contribution >= 0.6 is 27.5 Å². The number of amides is 2. The first-order valence-electron chi connectivity index (χ1n) is 8.62. The van der Waals surface area contributed by atoms with Crippen molar-refractivity contribution >= 4 is 55.8 Å². The number of hydrogen-bond acceptors (Lipinski definition) is 2. The molecule has 1 aromatic heterocycles. The Morgan fingerprint density at radius 2 is 1.75 bits per heavy atom. The lowest BCUT2D eigenvalue weighted by atomic mass is 10.1. The topological polar surface area (TPSA) is 59.0 Å². The number of carbonyl (C=O) groups is 1. The summed E-state index contributed by atoms with van der Waals surface area (Å²) in [6.07, 6.45) is 1.82. The van der Waals surface area contributed by atoms with Crippen molar-refractivity contribution in [2.45, 2.75) is 6.54 Å². The third kappa shape index (κ3) is 4.18. The van der Waals surface area contributed by atoms with Gasteiger partial charge in [-0.3, -0.25) is 10.00 Å². The fraction of sp³-hybridized carbons (Fsp3) is 0.0476. The monoisotopic (exact) mass is 454 g/mol. The van der Waals surface area contributed by atoms with Gasteiger partial charge in [-0.25, -0.2) is 4.79 Å². The predicted octanol–water partition coefficient (Wildman–Crippen LogP) is 6.14. The highest BCUT2D eigenvalue weighted by atomic mass is 79.9. The average molecular weight is 456 g/mol. The smallest absolute Gasteiger partial charge is 0.307 e. The molecule has 5 nitrogen and oxygen atoms in total. The maximum Gasteiger partial charge on any atom is 0.324 e. The number of fused-ring (bicyclic) bond motifs is 1. The molecule has 0 saturated carbocycles. The Labute approximate surface area is 175 Å². The van der Waals surface area contributed by atoms with E-state index in [-0.39, 0.29) is 6.03 Å². The molecule has 0 bridgehead atoms. The summed E-state index contributed by atoms with van der Waals surface area (Å²) in [7, 11) is 0. The van der Waals surface area contributed by atoms with Crippen molar-refractivity contribution in [2.24, 2.45) is 0 Å². The molecule has 3 aromatic carbocycles. The molecule has 0 radical (unpaired) electrons. The van der Waals surface area contributed by atoms with E-state index in [0.717, 1.165) is 22.0 Å². The van der Waals surface area contributed by atoms with Gasteiger partial charge in [0.15, 0.2) is 5.82 Å². The number of halogens is 2. The SMILES string of the molecule is O=C(Nc1nn(Cc2ccc(Cl)cc2)cc1Br)Nc1cccc2ccccc12. The fourth-order valence-corrected chi connectivity index (χ4v) is 3.48. The van der Waals surface area contributed by atoms with E-state index in [1.54, 1.807) is 4.68 Å². The number of benzene rings is 3. The molecular formula is C21H16BrClN4O. The summed E-state index contributed by atoms with van der Waals surface area (Å²) in [4.78, 5) is 12.5. The quantitative estimate of drug-likeness (QED) is 0.388. The first kappa shape index (κ1) is 18.5. The largest absolute Gasteiger partial charge is 0.324 e. The van der Waals surface area contributed by atoms with Gasteiger partial charge in [-0.1, -0.05) is 60.1 Å². The molecule has 0 unspecified atom stereocenters. The molecule has 0 aliphatic heterocycles. The summed E-state index contributed by atoms with van der Waals surface area (Å²) in [6, 6.07) is 20.9. The van der Waals surface area contributed by atoms with Crippen LogP contribution in [0.2, 0.25) is 5.02 Å². The number of hydrogen-bond donors (Lipinski definition) is 2. The van der Waals surface area contributed by atoms with Gasteiger partial charge < -0.3 is 5.32 Å². The van der Waals surface area contributed by atoms with E-state index in [0.29, 0.717) is 21.9 Å². The standard InChI is InChI=1S/C21H16BrClN4O/c22-18-13-27(12-14-8-10-16(23)11-9-14)26-20(18)25-21(28)24-19-7-3-5-15-4-1-2-6-17(15)19/h1-11,13H,12H2,(H2,24,25,26,28). The van der Waals surface area contributed by atoms with Crippen molar-refractivity contribution in [1.29, 1.82) is 0 Å². The van der Waals surface area contributed by atoms with Crippen LogP contribution < -0.4 is 10.6 Å². The van der Waals surface area contributed by atoms with Crippen molar-refractivity contribution in [3.05, 3.63) is 88.0 Å². The third-order valence-corrected chi connectivity index (χ3v) is 5.08. The minimum absolute atomic E-state index is 0.353. The van der Waals surface area contributed by atoms with Crippen LogP contribution in [0.1, 0.15) is 5.56 Å². The van der Waals surface area contributed by atoms with Gasteiger partial charge in [0.1, 0.15) is 0 Å². The predicted molar refractivity (Wildman–Crippen MR) is 117 cm³/mol. The molecule has 2 amide bonds. The molecule has 0 aliphatic carbocycles. The summed E-state index contributed by atoms with van der Waals surface area (Å²) in [5.41, 5.74) is 1.80. The number of nitrogens with one attached hydrogen (secondary N) is 2. The van der Waals surface area contributed by atoms with Crippen molar-refractivity contribution in [3.8, 4) is 0 Å². The number of rotatable bonds is 4. The Balaban J connectivity index is 1.47. The van der Waals surface area contributed by atoms with Crippen LogP contribution in [0.15, 0.2) is 77.4 Å². The van der Waals surface area contributed by atoms with Crippen LogP contribution in [-0.4, -0.2) is 15.8 Å². The Morgan fingerprint density at radius 1 is 1.00 bits per heavy atom. The Kier molecular flexibility index (Phi) is 5.32. The second kappa shape index (κ2) is 8.04. The van der Waals surface area contributed by atoms with Gasteiger partial charge in [0, 0.05) is 16.6 Å². The number of nitrogens with zero attached hydrogens (tertiary/aromatic N) is 2. The first-order valence-corrected chi connectivity index (χ1v) is 9.79. The van der Waals surface area contributed by atoms with Gasteiger partial charge in [0.05, 0.1) is 16.7 Å². The number of aromatic nitrogens is 2. The van der Waals surface area contributed by atoms with E-state index < -0.39 is 0 Å². The zero-order chi connectivity index (χ0) is 19.5. The van der Waals surface area contributed by atoms with E-state index in [4.69, 9.17) is 11.6 Å². The first-order chi connectivity index (χ1) is 13.6. The number of urea groups is 1. The summed E-state index contributed by atoms with van der Waals surface area (Å²) in [6.45, 7) is 0.572. The van der Waals surface area contributed by atoms with Crippen LogP contribution in [0.5, 0.6) is 0 Å². The van der Waals surface area contributed by atoms with Crippen LogP contribution in [-0.2, 0) is 6.54 Å². The van der Waals surface area contributed by atoms with E-state index in [2.05, 4.69) is 31.7 Å². The summed E-state index contributed by atoms with van der Waals surface area (Å²) in [5.74, 6) is 0.451. The van der Waals surface area contributed by atoms with Crippen molar-refractivity contribution in [3.63, 3.8) is 0 Å². The maximum absolute atomic E-state index is 12.5. The van der Waals surface area contributed by atoms with Crippen molar-refractivity contribution in [1.82, 2.24) is 9.78 Å². The lowest BCUT2D eigenvalue weighted by molar-refractivity contribution is 0.262. The van der Waals surface area contributed by atoms with Crippen LogP contribution in [0.3, 0.4) is 0 Å². The van der Waals surface area contributed by atoms with E-state index in [1.807, 2.05) is 72.9 Å². The van der Waals surface area contributed by atoms with Gasteiger partial charge in [-0.05, 0) is 45.1 Å². The Bertz CT molecular complexity index is 1140.